The minimum Gasteiger partial charge on any atom is -0.460 e. The van der Waals surface area contributed by atoms with Gasteiger partial charge in [0.2, 0.25) is 22.1 Å². The molecule has 4 aromatic carbocycles. The summed E-state index contributed by atoms with van der Waals surface area (Å²) in [5.41, 5.74) is 2.76. The van der Waals surface area contributed by atoms with Crippen molar-refractivity contribution < 1.29 is 42.4 Å². The highest BCUT2D eigenvalue weighted by Crippen LogP contribution is 2.62. The second-order valence-electron chi connectivity index (χ2n) is 17.6. The molecule has 1 saturated carbocycles. The van der Waals surface area contributed by atoms with Crippen molar-refractivity contribution in [2.24, 2.45) is 22.9 Å². The fraction of sp³-hybridized carbons (Fsp3) is 0.423. The van der Waals surface area contributed by atoms with Gasteiger partial charge in [0.1, 0.15) is 22.1 Å². The molecule has 0 radical (unpaired) electrons. The number of hydrogen-bond donors (Lipinski definition) is 2. The number of aliphatic hydroxyl groups excluding tert-OH is 2. The van der Waals surface area contributed by atoms with Crippen molar-refractivity contribution in [3.63, 3.8) is 0 Å². The van der Waals surface area contributed by atoms with Gasteiger partial charge in [-0.05, 0) is 109 Å². The monoisotopic (exact) mass is 901 g/mol. The van der Waals surface area contributed by atoms with E-state index < -0.39 is 34.1 Å². The minimum absolute atomic E-state index is 0.00829. The molecule has 4 aliphatic rings. The normalized spacial score (nSPS) is 25.7. The maximum atomic E-state index is 15.3. The molecule has 7 atom stereocenters. The third-order valence-electron chi connectivity index (χ3n) is 13.7. The Morgan fingerprint density at radius 1 is 0.908 bits per heavy atom. The second kappa shape index (κ2) is 19.8. The summed E-state index contributed by atoms with van der Waals surface area (Å²) in [5.74, 6) is -0.550. The predicted octanol–water partition coefficient (Wildman–Crippen LogP) is 9.66. The third-order valence-corrected chi connectivity index (χ3v) is 15.6. The Hall–Kier alpha value is -5.15. The highest BCUT2D eigenvalue weighted by Gasteiger charge is 2.66. The van der Waals surface area contributed by atoms with Gasteiger partial charge in [0.25, 0.3) is 0 Å². The van der Waals surface area contributed by atoms with Crippen molar-refractivity contribution in [2.75, 3.05) is 33.5 Å². The van der Waals surface area contributed by atoms with Gasteiger partial charge in [-0.1, -0.05) is 78.7 Å². The van der Waals surface area contributed by atoms with Gasteiger partial charge in [0, 0.05) is 56.2 Å². The van der Waals surface area contributed by atoms with Crippen molar-refractivity contribution in [1.82, 2.24) is 9.29 Å². The molecule has 5 aromatic rings. The Morgan fingerprint density at radius 2 is 1.68 bits per heavy atom. The van der Waals surface area contributed by atoms with Crippen LogP contribution in [0, 0.1) is 17.8 Å². The Bertz CT molecular complexity index is 2660. The lowest BCUT2D eigenvalue weighted by Crippen LogP contribution is -2.69. The van der Waals surface area contributed by atoms with Crippen LogP contribution in [0.15, 0.2) is 132 Å². The first-order chi connectivity index (χ1) is 31.7. The van der Waals surface area contributed by atoms with E-state index >= 15 is 8.42 Å². The quantitative estimate of drug-likeness (QED) is 0.0495. The third kappa shape index (κ3) is 8.94. The number of aliphatic hydroxyl groups is 2. The summed E-state index contributed by atoms with van der Waals surface area (Å²) in [7, 11) is -2.69. The number of aromatic nitrogens is 1. The summed E-state index contributed by atoms with van der Waals surface area (Å²) < 4.78 is 59.0. The maximum absolute atomic E-state index is 15.3. The van der Waals surface area contributed by atoms with Crippen LogP contribution in [0.2, 0.25) is 0 Å². The first-order valence-corrected chi connectivity index (χ1v) is 24.5. The Labute approximate surface area is 381 Å². The molecule has 2 aliphatic heterocycles. The molecule has 0 spiro atoms. The van der Waals surface area contributed by atoms with Crippen molar-refractivity contribution in [2.45, 2.75) is 93.1 Å². The number of nitrogens with zero attached hydrogens (tertiary/aromatic N) is 3. The molecular formula is C52H59N3O9S. The van der Waals surface area contributed by atoms with Crippen LogP contribution in [0.3, 0.4) is 0 Å². The lowest BCUT2D eigenvalue weighted by Gasteiger charge is -2.59. The van der Waals surface area contributed by atoms with Crippen LogP contribution in [0.1, 0.15) is 75.7 Å². The van der Waals surface area contributed by atoms with Gasteiger partial charge in [0.15, 0.2) is 0 Å². The van der Waals surface area contributed by atoms with E-state index in [9.17, 15) is 10.2 Å². The summed E-state index contributed by atoms with van der Waals surface area (Å²) >= 11 is 0. The number of unbranched alkanes of at least 4 members (excludes halogenated alkanes) is 2. The lowest BCUT2D eigenvalue weighted by atomic mass is 9.55. The van der Waals surface area contributed by atoms with Gasteiger partial charge in [-0.25, -0.2) is 8.42 Å². The van der Waals surface area contributed by atoms with Crippen LogP contribution >= 0.6 is 0 Å². The van der Waals surface area contributed by atoms with E-state index in [-0.39, 0.29) is 48.9 Å². The number of benzene rings is 4. The van der Waals surface area contributed by atoms with Crippen LogP contribution in [-0.2, 0) is 24.3 Å². The Balaban J connectivity index is 1.24. The number of likely N-dealkylation sites (N-methyl/N-ethyl adjacent to an activating group) is 1. The smallest absolute Gasteiger partial charge is 0.245 e. The first-order valence-electron chi connectivity index (χ1n) is 23.1. The molecule has 0 bridgehead atoms. The van der Waals surface area contributed by atoms with Crippen molar-refractivity contribution in [1.29, 1.82) is 0 Å². The fourth-order valence-electron chi connectivity index (χ4n) is 10.7. The van der Waals surface area contributed by atoms with E-state index in [4.69, 9.17) is 28.9 Å². The van der Waals surface area contributed by atoms with Gasteiger partial charge in [-0.15, -0.1) is 6.58 Å². The standard InChI is InChI=1S/C52H59N3O9S/c1-3-29-61-52-47(55(2)65(58,59)46-20-12-17-36-18-13-26-53-51(36)46)34-44(54-64-48-21-8-11-30-60-48)42-32-38(16-6-9-27-56)41(19-7-10-28-57)49(50(42)52)43-33-40(24-25-45(43)63-52)62-39-23-22-35-14-4-5-15-37(35)31-39/h3-5,12-15,17-18,20,22-26,31-33,38,41,47-50,56-57H,1,6-11,16,19,21,27-30,34H2,2H3. The van der Waals surface area contributed by atoms with E-state index in [1.807, 2.05) is 54.6 Å². The first kappa shape index (κ1) is 45.0. The van der Waals surface area contributed by atoms with Crippen molar-refractivity contribution in [3.8, 4) is 17.2 Å². The highest BCUT2D eigenvalue weighted by atomic mass is 32.2. The maximum Gasteiger partial charge on any atom is 0.245 e. The SMILES string of the molecule is C=CCOC12Oc3ccc(Oc4ccc5ccccc5c4)cc3C3C(CCCCO)C(CCCCO)C=C(C(=NOC4CCCCO4)CC1N(C)S(=O)(=O)c1cccc4cccnc14)C32. The van der Waals surface area contributed by atoms with Crippen molar-refractivity contribution >= 4 is 37.4 Å². The molecular weight excluding hydrogens is 843 g/mol. The number of hydrogen-bond acceptors (Lipinski definition) is 11. The molecule has 9 rings (SSSR count). The van der Waals surface area contributed by atoms with Crippen LogP contribution in [0.25, 0.3) is 21.7 Å². The molecule has 7 unspecified atom stereocenters. The van der Waals surface area contributed by atoms with E-state index in [0.717, 1.165) is 60.4 Å². The van der Waals surface area contributed by atoms with Crippen LogP contribution < -0.4 is 9.47 Å². The van der Waals surface area contributed by atoms with Crippen LogP contribution in [-0.4, -0.2) is 85.2 Å². The van der Waals surface area contributed by atoms with E-state index in [1.165, 1.54) is 4.31 Å². The molecule has 1 saturated heterocycles. The Morgan fingerprint density at radius 3 is 2.48 bits per heavy atom. The number of ether oxygens (including phenoxy) is 4. The largest absolute Gasteiger partial charge is 0.460 e. The molecule has 13 heteroatoms. The summed E-state index contributed by atoms with van der Waals surface area (Å²) in [6.45, 7) is 4.83. The molecule has 342 valence electrons. The van der Waals surface area contributed by atoms with Gasteiger partial charge < -0.3 is 34.0 Å². The van der Waals surface area contributed by atoms with Gasteiger partial charge in [-0.3, -0.25) is 4.98 Å². The molecule has 2 aliphatic carbocycles. The summed E-state index contributed by atoms with van der Waals surface area (Å²) in [4.78, 5) is 10.9. The fourth-order valence-corrected chi connectivity index (χ4v) is 12.2. The number of para-hydroxylation sites is 1. The average molecular weight is 902 g/mol. The number of pyridine rings is 1. The Kier molecular flexibility index (Phi) is 13.7. The number of oxime groups is 1. The van der Waals surface area contributed by atoms with Crippen LogP contribution in [0.4, 0.5) is 0 Å². The van der Waals surface area contributed by atoms with Gasteiger partial charge in [-0.2, -0.15) is 4.31 Å². The molecule has 0 amide bonds. The van der Waals surface area contributed by atoms with E-state index in [2.05, 4.69) is 35.8 Å². The zero-order valence-corrected chi connectivity index (χ0v) is 37.8. The zero-order valence-electron chi connectivity index (χ0n) is 37.0. The van der Waals surface area contributed by atoms with Gasteiger partial charge in [0.05, 0.1) is 36.4 Å². The number of fused-ring (bicyclic) bond motifs is 4. The summed E-state index contributed by atoms with van der Waals surface area (Å²) in [6.07, 6.45) is 12.1. The molecule has 1 aromatic heterocycles. The predicted molar refractivity (Wildman–Crippen MR) is 250 cm³/mol. The molecule has 12 nitrogen and oxygen atoms in total. The average Bonchev–Trinajstić information content (AvgIpc) is 3.33. The number of rotatable bonds is 18. The number of allylic oxidation sites excluding steroid dienone is 1. The minimum atomic E-state index is -4.28. The zero-order chi connectivity index (χ0) is 45.0. The second-order valence-corrected chi connectivity index (χ2v) is 19.6. The van der Waals surface area contributed by atoms with E-state index in [0.29, 0.717) is 59.7 Å². The number of sulfonamides is 1. The molecule has 65 heavy (non-hydrogen) atoms. The lowest BCUT2D eigenvalue weighted by molar-refractivity contribution is -0.250. The van der Waals surface area contributed by atoms with Gasteiger partial charge >= 0.3 is 0 Å². The molecule has 2 fully saturated rings. The topological polar surface area (TPSA) is 149 Å². The summed E-state index contributed by atoms with van der Waals surface area (Å²) in [6, 6.07) is 27.9. The molecule has 3 heterocycles. The summed E-state index contributed by atoms with van der Waals surface area (Å²) in [5, 5.41) is 27.8. The van der Waals surface area contributed by atoms with Crippen molar-refractivity contribution in [3.05, 3.63) is 127 Å². The van der Waals surface area contributed by atoms with E-state index in [1.54, 1.807) is 37.5 Å². The van der Waals surface area contributed by atoms with Crippen LogP contribution in [0.5, 0.6) is 17.2 Å². The molecule has 2 N–H and O–H groups in total. The highest BCUT2D eigenvalue weighted by molar-refractivity contribution is 7.89.